The van der Waals surface area contributed by atoms with Gasteiger partial charge < -0.3 is 30.6 Å². The van der Waals surface area contributed by atoms with Crippen molar-refractivity contribution in [2.24, 2.45) is 7.05 Å². The Morgan fingerprint density at radius 3 is 2.31 bits per heavy atom. The van der Waals surface area contributed by atoms with Crippen LogP contribution in [0.25, 0.3) is 33.3 Å². The summed E-state index contributed by atoms with van der Waals surface area (Å²) in [6, 6.07) is 11.2. The quantitative estimate of drug-likeness (QED) is 0.131. The highest BCUT2D eigenvalue weighted by molar-refractivity contribution is 6.12. The van der Waals surface area contributed by atoms with Crippen molar-refractivity contribution in [1.82, 2.24) is 24.7 Å². The lowest BCUT2D eigenvalue weighted by Gasteiger charge is -2.36. The fourth-order valence-electron chi connectivity index (χ4n) is 6.08. The van der Waals surface area contributed by atoms with Crippen LogP contribution in [0.1, 0.15) is 29.8 Å². The summed E-state index contributed by atoms with van der Waals surface area (Å²) >= 11 is 0. The molecule has 1 aliphatic heterocycles. The van der Waals surface area contributed by atoms with E-state index in [4.69, 9.17) is 10.5 Å². The second-order valence-electron chi connectivity index (χ2n) is 12.4. The SMILES string of the molecule is C=C(F)C(=O)Nc1ccc(-c2c(-c3ccc(C(=O)NCC(F)(F)F)c(OC)c3)c3c(N)ncc(C#CC(=O)N4CCN(C(C)C)CC4)c3n2C)cc1. The summed E-state index contributed by atoms with van der Waals surface area (Å²) in [4.78, 5) is 46.2. The number of nitrogens with zero attached hydrogens (tertiary/aromatic N) is 4. The molecule has 1 saturated heterocycles. The predicted molar refractivity (Wildman–Crippen MR) is 190 cm³/mol. The summed E-state index contributed by atoms with van der Waals surface area (Å²) in [7, 11) is 3.05. The number of halogens is 4. The van der Waals surface area contributed by atoms with E-state index in [9.17, 15) is 31.9 Å². The maximum Gasteiger partial charge on any atom is 0.405 e. The van der Waals surface area contributed by atoms with Crippen molar-refractivity contribution in [1.29, 1.82) is 0 Å². The number of rotatable bonds is 8. The summed E-state index contributed by atoms with van der Waals surface area (Å²) in [5, 5.41) is 4.71. The second kappa shape index (κ2) is 15.2. The standard InChI is InChI=1S/C37H37F4N7O4/c1-21(2)47-14-16-48(17-15-47)29(49)13-9-25-19-43-34(42)31-30(24-8-12-27(28(18-24)52-5)36(51)44-20-37(39,40)41)32(46(4)33(25)31)23-6-10-26(11-7-23)45-35(50)22(3)38/h6-8,10-12,18-19,21H,3,14-17,20H2,1-2,4-5H3,(H2,42,43)(H,44,51)(H,45,50). The predicted octanol–water partition coefficient (Wildman–Crippen LogP) is 5.12. The van der Waals surface area contributed by atoms with Crippen molar-refractivity contribution in [2.45, 2.75) is 26.1 Å². The number of hydrogen-bond acceptors (Lipinski definition) is 7. The number of aromatic nitrogens is 2. The van der Waals surface area contributed by atoms with Crippen molar-refractivity contribution >= 4 is 40.1 Å². The first-order chi connectivity index (χ1) is 24.6. The van der Waals surface area contributed by atoms with E-state index in [1.165, 1.54) is 25.4 Å². The lowest BCUT2D eigenvalue weighted by Crippen LogP contribution is -2.50. The molecule has 0 atom stereocenters. The second-order valence-corrected chi connectivity index (χ2v) is 12.4. The Kier molecular flexibility index (Phi) is 10.9. The lowest BCUT2D eigenvalue weighted by molar-refractivity contribution is -0.127. The van der Waals surface area contributed by atoms with Gasteiger partial charge in [-0.25, -0.2) is 9.37 Å². The number of aryl methyl sites for hydroxylation is 1. The van der Waals surface area contributed by atoms with Gasteiger partial charge >= 0.3 is 6.18 Å². The molecule has 15 heteroatoms. The van der Waals surface area contributed by atoms with E-state index >= 15 is 0 Å². The number of methoxy groups -OCH3 is 1. The molecular weight excluding hydrogens is 682 g/mol. The molecule has 5 rings (SSSR count). The summed E-state index contributed by atoms with van der Waals surface area (Å²) < 4.78 is 59.2. The zero-order chi connectivity index (χ0) is 37.9. The third kappa shape index (κ3) is 8.02. The minimum atomic E-state index is -4.61. The van der Waals surface area contributed by atoms with Gasteiger partial charge in [0.05, 0.1) is 34.8 Å². The van der Waals surface area contributed by atoms with Crippen LogP contribution in [0.5, 0.6) is 5.75 Å². The Hall–Kier alpha value is -5.88. The van der Waals surface area contributed by atoms with Crippen molar-refractivity contribution in [3.8, 4) is 40.0 Å². The first-order valence-corrected chi connectivity index (χ1v) is 16.2. The minimum absolute atomic E-state index is 0.00437. The number of benzene rings is 2. The van der Waals surface area contributed by atoms with E-state index in [2.05, 4.69) is 47.5 Å². The third-order valence-corrected chi connectivity index (χ3v) is 8.72. The average molecular weight is 720 g/mol. The number of nitrogen functional groups attached to an aromatic ring is 1. The van der Waals surface area contributed by atoms with Gasteiger partial charge in [0.15, 0.2) is 5.83 Å². The summed E-state index contributed by atoms with van der Waals surface area (Å²) in [5.74, 6) is 2.39. The van der Waals surface area contributed by atoms with Crippen LogP contribution in [0.3, 0.4) is 0 Å². The number of alkyl halides is 3. The van der Waals surface area contributed by atoms with Crippen molar-refractivity contribution < 1.29 is 36.7 Å². The van der Waals surface area contributed by atoms with Gasteiger partial charge in [0.25, 0.3) is 17.7 Å². The minimum Gasteiger partial charge on any atom is -0.496 e. The molecule has 4 aromatic rings. The van der Waals surface area contributed by atoms with E-state index in [1.54, 1.807) is 42.3 Å². The Bertz CT molecular complexity index is 2110. The number of ether oxygens (including phenoxy) is 1. The van der Waals surface area contributed by atoms with Crippen LogP contribution < -0.4 is 21.1 Å². The van der Waals surface area contributed by atoms with E-state index in [1.807, 2.05) is 9.88 Å². The van der Waals surface area contributed by atoms with Gasteiger partial charge in [-0.2, -0.15) is 13.2 Å². The number of carbonyl (C=O) groups is 3. The van der Waals surface area contributed by atoms with Gasteiger partial charge in [0.2, 0.25) is 0 Å². The largest absolute Gasteiger partial charge is 0.496 e. The Morgan fingerprint density at radius 2 is 1.71 bits per heavy atom. The number of fused-ring (bicyclic) bond motifs is 1. The molecule has 272 valence electrons. The third-order valence-electron chi connectivity index (χ3n) is 8.72. The molecule has 1 fully saturated rings. The summed E-state index contributed by atoms with van der Waals surface area (Å²) in [6.45, 7) is 8.25. The van der Waals surface area contributed by atoms with E-state index in [0.717, 1.165) is 13.1 Å². The number of carbonyl (C=O) groups excluding carboxylic acids is 3. The first kappa shape index (κ1) is 37.4. The molecule has 0 saturated carbocycles. The highest BCUT2D eigenvalue weighted by Gasteiger charge is 2.29. The van der Waals surface area contributed by atoms with Crippen LogP contribution in [-0.4, -0.2) is 89.1 Å². The smallest absolute Gasteiger partial charge is 0.405 e. The van der Waals surface area contributed by atoms with Gasteiger partial charge in [-0.1, -0.05) is 30.7 Å². The van der Waals surface area contributed by atoms with Crippen LogP contribution in [0.4, 0.5) is 29.1 Å². The van der Waals surface area contributed by atoms with E-state index < -0.39 is 30.4 Å². The van der Waals surface area contributed by atoms with Crippen molar-refractivity contribution in [3.63, 3.8) is 0 Å². The number of nitrogens with one attached hydrogen (secondary N) is 2. The van der Waals surface area contributed by atoms with Crippen LogP contribution in [-0.2, 0) is 16.6 Å². The number of amides is 3. The molecule has 2 aromatic heterocycles. The highest BCUT2D eigenvalue weighted by atomic mass is 19.4. The van der Waals surface area contributed by atoms with Gasteiger partial charge in [0, 0.05) is 62.6 Å². The number of pyridine rings is 1. The van der Waals surface area contributed by atoms with Crippen LogP contribution in [0.2, 0.25) is 0 Å². The van der Waals surface area contributed by atoms with Gasteiger partial charge in [-0.3, -0.25) is 19.3 Å². The van der Waals surface area contributed by atoms with Crippen LogP contribution >= 0.6 is 0 Å². The molecular formula is C37H37F4N7O4. The maximum absolute atomic E-state index is 13.4. The molecule has 4 N–H and O–H groups in total. The molecule has 2 aromatic carbocycles. The Labute approximate surface area is 297 Å². The fourth-order valence-corrected chi connectivity index (χ4v) is 6.08. The monoisotopic (exact) mass is 719 g/mol. The number of nitrogens with two attached hydrogens (primary N) is 1. The lowest BCUT2D eigenvalue weighted by atomic mass is 9.96. The topological polar surface area (TPSA) is 135 Å². The highest BCUT2D eigenvalue weighted by Crippen LogP contribution is 2.44. The van der Waals surface area contributed by atoms with Crippen LogP contribution in [0, 0.1) is 11.8 Å². The molecule has 11 nitrogen and oxygen atoms in total. The molecule has 52 heavy (non-hydrogen) atoms. The molecule has 1 aliphatic rings. The van der Waals surface area contributed by atoms with Gasteiger partial charge in [-0.05, 0) is 49.2 Å². The van der Waals surface area contributed by atoms with Crippen LogP contribution in [0.15, 0.2) is 61.1 Å². The number of hydrogen-bond donors (Lipinski definition) is 3. The normalized spacial score (nSPS) is 13.4. The first-order valence-electron chi connectivity index (χ1n) is 16.2. The summed E-state index contributed by atoms with van der Waals surface area (Å²) in [6.07, 6.45) is -3.14. The zero-order valence-electron chi connectivity index (χ0n) is 28.9. The van der Waals surface area contributed by atoms with Gasteiger partial charge in [-0.15, -0.1) is 0 Å². The van der Waals surface area contributed by atoms with Gasteiger partial charge in [0.1, 0.15) is 18.1 Å². The molecule has 0 radical (unpaired) electrons. The summed E-state index contributed by atoms with van der Waals surface area (Å²) in [5.41, 5.74) is 9.77. The fraction of sp³-hybridized carbons (Fsp3) is 0.297. The van der Waals surface area contributed by atoms with E-state index in [0.29, 0.717) is 63.7 Å². The van der Waals surface area contributed by atoms with Crippen molar-refractivity contribution in [2.75, 3.05) is 50.9 Å². The van der Waals surface area contributed by atoms with E-state index in [-0.39, 0.29) is 23.0 Å². The molecule has 3 amide bonds. The molecule has 0 bridgehead atoms. The average Bonchev–Trinajstić information content (AvgIpc) is 3.43. The number of piperazine rings is 1. The Morgan fingerprint density at radius 1 is 1.06 bits per heavy atom. The maximum atomic E-state index is 13.4. The molecule has 0 aliphatic carbocycles. The molecule has 3 heterocycles. The molecule has 0 spiro atoms. The zero-order valence-corrected chi connectivity index (χ0v) is 28.9. The van der Waals surface area contributed by atoms with Crippen molar-refractivity contribution in [3.05, 3.63) is 72.2 Å². The molecule has 0 unspecified atom stereocenters. The Balaban J connectivity index is 1.64. The number of anilines is 2.